The Hall–Kier alpha value is -3.52. The van der Waals surface area contributed by atoms with E-state index in [-0.39, 0.29) is 29.6 Å². The third-order valence-corrected chi connectivity index (χ3v) is 4.30. The van der Waals surface area contributed by atoms with Gasteiger partial charge in [-0.3, -0.25) is 14.6 Å². The second kappa shape index (κ2) is 9.80. The first kappa shape index (κ1) is 21.2. The quantitative estimate of drug-likeness (QED) is 0.574. The summed E-state index contributed by atoms with van der Waals surface area (Å²) in [6, 6.07) is 10.7. The van der Waals surface area contributed by atoms with Crippen molar-refractivity contribution in [2.75, 3.05) is 13.2 Å². The molecule has 3 rings (SSSR count). The topological polar surface area (TPSA) is 93.2 Å². The highest BCUT2D eigenvalue weighted by molar-refractivity contribution is 6.30. The predicted molar refractivity (Wildman–Crippen MR) is 111 cm³/mol. The monoisotopic (exact) mass is 428 g/mol. The minimum atomic E-state index is -0.626. The van der Waals surface area contributed by atoms with Gasteiger partial charge in [0.2, 0.25) is 0 Å². The van der Waals surface area contributed by atoms with E-state index in [0.29, 0.717) is 23.2 Å². The van der Waals surface area contributed by atoms with Crippen molar-refractivity contribution in [3.8, 4) is 5.75 Å². The summed E-state index contributed by atoms with van der Waals surface area (Å²) >= 11 is 5.59. The van der Waals surface area contributed by atoms with Crippen LogP contribution in [-0.4, -0.2) is 34.9 Å². The van der Waals surface area contributed by atoms with Crippen LogP contribution in [0.25, 0.3) is 11.0 Å². The van der Waals surface area contributed by atoms with E-state index in [1.807, 2.05) is 0 Å². The fraction of sp³-hybridized carbons (Fsp3) is 0.143. The molecule has 0 aliphatic heterocycles. The lowest BCUT2D eigenvalue weighted by Crippen LogP contribution is -2.31. The minimum Gasteiger partial charge on any atom is -0.484 e. The summed E-state index contributed by atoms with van der Waals surface area (Å²) in [5.74, 6) is -1.22. The molecule has 30 heavy (non-hydrogen) atoms. The first-order valence-electron chi connectivity index (χ1n) is 8.98. The molecule has 2 N–H and O–H groups in total. The first-order chi connectivity index (χ1) is 14.4. The van der Waals surface area contributed by atoms with Crippen LogP contribution in [0.4, 0.5) is 4.39 Å². The van der Waals surface area contributed by atoms with Gasteiger partial charge in [-0.1, -0.05) is 18.2 Å². The predicted octanol–water partition coefficient (Wildman–Crippen LogP) is 3.25. The Kier molecular flexibility index (Phi) is 6.92. The molecule has 0 spiro atoms. The van der Waals surface area contributed by atoms with Gasteiger partial charge in [-0.25, -0.2) is 9.37 Å². The Morgan fingerprint density at radius 2 is 2.00 bits per heavy atom. The van der Waals surface area contributed by atoms with Crippen molar-refractivity contribution < 1.29 is 18.7 Å². The van der Waals surface area contributed by atoms with Gasteiger partial charge in [-0.15, -0.1) is 0 Å². The fourth-order valence-corrected chi connectivity index (χ4v) is 2.61. The van der Waals surface area contributed by atoms with Crippen LogP contribution >= 0.6 is 11.6 Å². The number of nitrogens with one attached hydrogen (secondary N) is 2. The molecule has 0 fully saturated rings. The maximum atomic E-state index is 13.3. The smallest absolute Gasteiger partial charge is 0.274 e. The third kappa shape index (κ3) is 5.74. The van der Waals surface area contributed by atoms with Gasteiger partial charge in [0.25, 0.3) is 11.8 Å². The molecule has 0 bridgehead atoms. The molecule has 0 saturated carbocycles. The number of aromatic nitrogens is 2. The highest BCUT2D eigenvalue weighted by atomic mass is 35.5. The summed E-state index contributed by atoms with van der Waals surface area (Å²) < 4.78 is 18.5. The number of rotatable bonds is 8. The molecule has 0 aliphatic carbocycles. The molecule has 0 unspecified atom stereocenters. The Labute approximate surface area is 176 Å². The maximum Gasteiger partial charge on any atom is 0.274 e. The number of carbonyl (C=O) groups is 2. The van der Waals surface area contributed by atoms with Crippen molar-refractivity contribution in [3.63, 3.8) is 0 Å². The van der Waals surface area contributed by atoms with Gasteiger partial charge in [0, 0.05) is 30.9 Å². The molecule has 1 aromatic carbocycles. The van der Waals surface area contributed by atoms with E-state index in [4.69, 9.17) is 16.3 Å². The van der Waals surface area contributed by atoms with Crippen LogP contribution in [0, 0.1) is 5.82 Å². The fourth-order valence-electron chi connectivity index (χ4n) is 2.49. The lowest BCUT2D eigenvalue weighted by molar-refractivity contribution is -0.123. The van der Waals surface area contributed by atoms with E-state index in [9.17, 15) is 14.0 Å². The summed E-state index contributed by atoms with van der Waals surface area (Å²) in [7, 11) is 0. The second-order valence-corrected chi connectivity index (χ2v) is 6.67. The Balaban J connectivity index is 1.40. The zero-order valence-corrected chi connectivity index (χ0v) is 16.6. The number of hydrogen-bond donors (Lipinski definition) is 2. The van der Waals surface area contributed by atoms with Crippen molar-refractivity contribution in [2.24, 2.45) is 0 Å². The molecule has 0 radical (unpaired) electrons. The molecule has 7 nitrogen and oxygen atoms in total. The van der Waals surface area contributed by atoms with Gasteiger partial charge in [0.15, 0.2) is 6.61 Å². The number of nitrogens with zero attached hydrogens (tertiary/aromatic N) is 2. The van der Waals surface area contributed by atoms with Crippen LogP contribution in [0.15, 0.2) is 60.9 Å². The summed E-state index contributed by atoms with van der Waals surface area (Å²) in [5, 5.41) is 5.25. The van der Waals surface area contributed by atoms with Crippen molar-refractivity contribution in [3.05, 3.63) is 77.5 Å². The van der Waals surface area contributed by atoms with Crippen LogP contribution in [-0.2, 0) is 4.79 Å². The second-order valence-electron chi connectivity index (χ2n) is 6.26. The highest BCUT2D eigenvalue weighted by Gasteiger charge is 2.10. The largest absolute Gasteiger partial charge is 0.484 e. The number of benzene rings is 1. The van der Waals surface area contributed by atoms with Crippen LogP contribution in [0.5, 0.6) is 5.75 Å². The summed E-state index contributed by atoms with van der Waals surface area (Å²) in [4.78, 5) is 32.6. The van der Waals surface area contributed by atoms with Gasteiger partial charge in [-0.2, -0.15) is 0 Å². The van der Waals surface area contributed by atoms with Crippen LogP contribution in [0.3, 0.4) is 0 Å². The maximum absolute atomic E-state index is 13.3. The van der Waals surface area contributed by atoms with Crippen molar-refractivity contribution >= 4 is 34.4 Å². The number of fused-ring (bicyclic) bond motifs is 1. The SMILES string of the molecule is C=C(CCNC(=O)COc1ccc(Cl)c(F)c1)NC(=O)c1ccc2ncccc2n1. The number of amides is 2. The molecule has 0 aliphatic rings. The van der Waals surface area contributed by atoms with E-state index in [1.165, 1.54) is 12.1 Å². The summed E-state index contributed by atoms with van der Waals surface area (Å²) in [6.45, 7) is 3.74. The van der Waals surface area contributed by atoms with E-state index in [1.54, 1.807) is 30.5 Å². The van der Waals surface area contributed by atoms with Gasteiger partial charge in [0.05, 0.1) is 16.1 Å². The summed E-state index contributed by atoms with van der Waals surface area (Å²) in [5.41, 5.74) is 1.97. The van der Waals surface area contributed by atoms with E-state index < -0.39 is 17.6 Å². The van der Waals surface area contributed by atoms with Crippen molar-refractivity contribution in [1.29, 1.82) is 0 Å². The molecular formula is C21H18ClFN4O3. The number of halogens is 2. The van der Waals surface area contributed by atoms with E-state index in [0.717, 1.165) is 6.07 Å². The number of hydrogen-bond acceptors (Lipinski definition) is 5. The molecule has 9 heteroatoms. The third-order valence-electron chi connectivity index (χ3n) is 3.99. The lowest BCUT2D eigenvalue weighted by Gasteiger charge is -2.10. The molecular weight excluding hydrogens is 411 g/mol. The van der Waals surface area contributed by atoms with Crippen LogP contribution in [0.2, 0.25) is 5.02 Å². The summed E-state index contributed by atoms with van der Waals surface area (Å²) in [6.07, 6.45) is 1.97. The average Bonchev–Trinajstić information content (AvgIpc) is 2.74. The van der Waals surface area contributed by atoms with E-state index >= 15 is 0 Å². The van der Waals surface area contributed by atoms with Gasteiger partial charge >= 0.3 is 0 Å². The molecule has 3 aromatic rings. The first-order valence-corrected chi connectivity index (χ1v) is 9.35. The Bertz CT molecular complexity index is 1110. The van der Waals surface area contributed by atoms with Gasteiger partial charge in [0.1, 0.15) is 17.3 Å². The normalized spacial score (nSPS) is 10.5. The molecule has 2 amide bonds. The van der Waals surface area contributed by atoms with Crippen molar-refractivity contribution in [2.45, 2.75) is 6.42 Å². The number of ether oxygens (including phenoxy) is 1. The zero-order chi connectivity index (χ0) is 21.5. The molecule has 2 aromatic heterocycles. The van der Waals surface area contributed by atoms with E-state index in [2.05, 4.69) is 27.2 Å². The van der Waals surface area contributed by atoms with Crippen molar-refractivity contribution in [1.82, 2.24) is 20.6 Å². The van der Waals surface area contributed by atoms with Crippen LogP contribution in [0.1, 0.15) is 16.9 Å². The molecule has 0 saturated heterocycles. The highest BCUT2D eigenvalue weighted by Crippen LogP contribution is 2.20. The average molecular weight is 429 g/mol. The molecule has 2 heterocycles. The lowest BCUT2D eigenvalue weighted by atomic mass is 10.2. The van der Waals surface area contributed by atoms with Gasteiger partial charge < -0.3 is 15.4 Å². The number of pyridine rings is 2. The Morgan fingerprint density at radius 3 is 2.80 bits per heavy atom. The van der Waals surface area contributed by atoms with Gasteiger partial charge in [-0.05, 0) is 36.4 Å². The molecule has 0 atom stereocenters. The molecule has 154 valence electrons. The zero-order valence-electron chi connectivity index (χ0n) is 15.8. The number of carbonyl (C=O) groups excluding carboxylic acids is 2. The van der Waals surface area contributed by atoms with Crippen LogP contribution < -0.4 is 15.4 Å². The standard InChI is InChI=1S/C21H18ClFN4O3/c1-13(26-21(29)19-7-6-17-18(27-19)3-2-9-24-17)8-10-25-20(28)12-30-14-4-5-15(22)16(23)11-14/h2-7,9,11H,1,8,10,12H2,(H,25,28)(H,26,29). The Morgan fingerprint density at radius 1 is 1.17 bits per heavy atom. The minimum absolute atomic E-state index is 0.0251.